The molecule has 0 radical (unpaired) electrons. The molecule has 24 heavy (non-hydrogen) atoms. The maximum absolute atomic E-state index is 12.7. The van der Waals surface area contributed by atoms with E-state index in [0.717, 1.165) is 11.0 Å². The first-order valence-electron chi connectivity index (χ1n) is 7.87. The predicted octanol–water partition coefficient (Wildman–Crippen LogP) is 3.07. The number of nitrogens with zero attached hydrogens (tertiary/aromatic N) is 3. The molecule has 0 bridgehead atoms. The van der Waals surface area contributed by atoms with E-state index >= 15 is 0 Å². The van der Waals surface area contributed by atoms with E-state index in [9.17, 15) is 4.79 Å². The van der Waals surface area contributed by atoms with Gasteiger partial charge in [-0.15, -0.1) is 10.2 Å². The van der Waals surface area contributed by atoms with Gasteiger partial charge in [-0.25, -0.2) is 0 Å². The summed E-state index contributed by atoms with van der Waals surface area (Å²) in [6.07, 6.45) is 2.35. The summed E-state index contributed by atoms with van der Waals surface area (Å²) < 4.78 is 12.5. The van der Waals surface area contributed by atoms with E-state index in [1.165, 1.54) is 24.6 Å². The number of hydrogen-bond donors (Lipinski definition) is 0. The van der Waals surface area contributed by atoms with Crippen LogP contribution < -0.4 is 9.47 Å². The standard InChI is InChI=1S/C17H21N3O3S/c1-10(24-17-19-18-16(20(17)2)11-5-6-11)15(21)12-7-8-13(22-3)14(9-12)23-4/h7-11H,5-6H2,1-4H3. The predicted molar refractivity (Wildman–Crippen MR) is 92.2 cm³/mol. The number of thioether (sulfide) groups is 1. The fourth-order valence-electron chi connectivity index (χ4n) is 2.56. The number of Topliss-reactive ketones (excluding diaryl/α,β-unsaturated/α-hetero) is 1. The third kappa shape index (κ3) is 3.26. The van der Waals surface area contributed by atoms with Crippen molar-refractivity contribution in [2.24, 2.45) is 7.05 Å². The summed E-state index contributed by atoms with van der Waals surface area (Å²) in [6.45, 7) is 1.88. The Kier molecular flexibility index (Phi) is 4.80. The van der Waals surface area contributed by atoms with Gasteiger partial charge in [-0.05, 0) is 38.0 Å². The van der Waals surface area contributed by atoms with Gasteiger partial charge in [0.05, 0.1) is 19.5 Å². The number of carbonyl (C=O) groups is 1. The van der Waals surface area contributed by atoms with Crippen LogP contribution in [-0.4, -0.2) is 40.0 Å². The molecular formula is C17H21N3O3S. The van der Waals surface area contributed by atoms with Crippen LogP contribution in [0.2, 0.25) is 0 Å². The van der Waals surface area contributed by atoms with Crippen LogP contribution in [0.4, 0.5) is 0 Å². The van der Waals surface area contributed by atoms with Crippen molar-refractivity contribution < 1.29 is 14.3 Å². The summed E-state index contributed by atoms with van der Waals surface area (Å²) in [5, 5.41) is 9.00. The van der Waals surface area contributed by atoms with Crippen LogP contribution in [0.5, 0.6) is 11.5 Å². The Hall–Kier alpha value is -2.02. The minimum absolute atomic E-state index is 0.0249. The lowest BCUT2D eigenvalue weighted by molar-refractivity contribution is 0.0993. The van der Waals surface area contributed by atoms with Crippen LogP contribution in [0, 0.1) is 0 Å². The molecule has 1 aliphatic rings. The fraction of sp³-hybridized carbons (Fsp3) is 0.471. The van der Waals surface area contributed by atoms with Crippen molar-refractivity contribution in [3.8, 4) is 11.5 Å². The number of aromatic nitrogens is 3. The average molecular weight is 347 g/mol. The van der Waals surface area contributed by atoms with Gasteiger partial charge in [0.1, 0.15) is 5.82 Å². The molecule has 1 atom stereocenters. The second-order valence-corrected chi connectivity index (χ2v) is 7.18. The zero-order valence-corrected chi connectivity index (χ0v) is 15.1. The van der Waals surface area contributed by atoms with Gasteiger partial charge < -0.3 is 14.0 Å². The second kappa shape index (κ2) is 6.84. The Bertz CT molecular complexity index is 756. The Labute approximate surface area is 145 Å². The molecule has 1 saturated carbocycles. The fourth-order valence-corrected chi connectivity index (χ4v) is 3.46. The van der Waals surface area contributed by atoms with Gasteiger partial charge in [0.15, 0.2) is 22.4 Å². The Morgan fingerprint density at radius 1 is 1.25 bits per heavy atom. The van der Waals surface area contributed by atoms with Gasteiger partial charge in [-0.3, -0.25) is 4.79 Å². The third-order valence-electron chi connectivity index (χ3n) is 4.13. The highest BCUT2D eigenvalue weighted by Crippen LogP contribution is 2.40. The number of rotatable bonds is 7. The summed E-state index contributed by atoms with van der Waals surface area (Å²) >= 11 is 1.43. The zero-order chi connectivity index (χ0) is 17.3. The molecule has 6 nitrogen and oxygen atoms in total. The molecule has 7 heteroatoms. The smallest absolute Gasteiger partial charge is 0.191 e. The molecule has 1 heterocycles. The number of benzene rings is 1. The minimum atomic E-state index is -0.266. The molecule has 1 aromatic heterocycles. The monoisotopic (exact) mass is 347 g/mol. The molecule has 0 saturated heterocycles. The third-order valence-corrected chi connectivity index (χ3v) is 5.26. The molecule has 0 amide bonds. The first-order chi connectivity index (χ1) is 11.5. The van der Waals surface area contributed by atoms with Crippen LogP contribution in [0.3, 0.4) is 0 Å². The Balaban J connectivity index is 1.75. The van der Waals surface area contributed by atoms with Crippen molar-refractivity contribution in [3.05, 3.63) is 29.6 Å². The molecule has 0 aliphatic heterocycles. The van der Waals surface area contributed by atoms with Crippen molar-refractivity contribution in [2.75, 3.05) is 14.2 Å². The summed E-state index contributed by atoms with van der Waals surface area (Å²) in [4.78, 5) is 12.7. The maximum atomic E-state index is 12.7. The van der Waals surface area contributed by atoms with Crippen LogP contribution in [-0.2, 0) is 7.05 Å². The summed E-state index contributed by atoms with van der Waals surface area (Å²) in [7, 11) is 5.09. The van der Waals surface area contributed by atoms with Crippen molar-refractivity contribution in [3.63, 3.8) is 0 Å². The first-order valence-corrected chi connectivity index (χ1v) is 8.75. The van der Waals surface area contributed by atoms with Gasteiger partial charge >= 0.3 is 0 Å². The van der Waals surface area contributed by atoms with Gasteiger partial charge in [0, 0.05) is 18.5 Å². The highest BCUT2D eigenvalue weighted by atomic mass is 32.2. The van der Waals surface area contributed by atoms with E-state index in [2.05, 4.69) is 10.2 Å². The van der Waals surface area contributed by atoms with Gasteiger partial charge in [0.2, 0.25) is 0 Å². The van der Waals surface area contributed by atoms with E-state index in [1.807, 2.05) is 18.5 Å². The van der Waals surface area contributed by atoms with Gasteiger partial charge in [0.25, 0.3) is 0 Å². The first kappa shape index (κ1) is 16.8. The average Bonchev–Trinajstić information content (AvgIpc) is 3.38. The van der Waals surface area contributed by atoms with Gasteiger partial charge in [-0.1, -0.05) is 11.8 Å². The lowest BCUT2D eigenvalue weighted by Crippen LogP contribution is -2.14. The molecule has 128 valence electrons. The highest BCUT2D eigenvalue weighted by Gasteiger charge is 2.30. The van der Waals surface area contributed by atoms with Crippen molar-refractivity contribution in [1.29, 1.82) is 0 Å². The molecule has 1 aromatic carbocycles. The lowest BCUT2D eigenvalue weighted by atomic mass is 10.1. The van der Waals surface area contributed by atoms with Crippen LogP contribution >= 0.6 is 11.8 Å². The molecule has 3 rings (SSSR count). The zero-order valence-electron chi connectivity index (χ0n) is 14.3. The quantitative estimate of drug-likeness (QED) is 0.566. The van der Waals surface area contributed by atoms with Crippen molar-refractivity contribution in [1.82, 2.24) is 14.8 Å². The Morgan fingerprint density at radius 2 is 1.96 bits per heavy atom. The van der Waals surface area contributed by atoms with Gasteiger partial charge in [-0.2, -0.15) is 0 Å². The largest absolute Gasteiger partial charge is 0.493 e. The molecule has 0 spiro atoms. The van der Waals surface area contributed by atoms with E-state index in [0.29, 0.717) is 23.0 Å². The minimum Gasteiger partial charge on any atom is -0.493 e. The van der Waals surface area contributed by atoms with Crippen molar-refractivity contribution >= 4 is 17.5 Å². The molecule has 2 aromatic rings. The normalized spacial score (nSPS) is 15.2. The molecule has 1 fully saturated rings. The van der Waals surface area contributed by atoms with Crippen LogP contribution in [0.25, 0.3) is 0 Å². The highest BCUT2D eigenvalue weighted by molar-refractivity contribution is 8.00. The van der Waals surface area contributed by atoms with Crippen LogP contribution in [0.1, 0.15) is 41.9 Å². The maximum Gasteiger partial charge on any atom is 0.191 e. The summed E-state index contributed by atoms with van der Waals surface area (Å²) in [5.41, 5.74) is 0.595. The van der Waals surface area contributed by atoms with E-state index < -0.39 is 0 Å². The number of ether oxygens (including phenoxy) is 2. The number of carbonyl (C=O) groups excluding carboxylic acids is 1. The van der Waals surface area contributed by atoms with E-state index in [1.54, 1.807) is 32.4 Å². The molecule has 1 unspecified atom stereocenters. The molecular weight excluding hydrogens is 326 g/mol. The lowest BCUT2D eigenvalue weighted by Gasteiger charge is -2.12. The van der Waals surface area contributed by atoms with Crippen molar-refractivity contribution in [2.45, 2.75) is 36.1 Å². The topological polar surface area (TPSA) is 66.2 Å². The molecule has 1 aliphatic carbocycles. The number of hydrogen-bond acceptors (Lipinski definition) is 6. The van der Waals surface area contributed by atoms with E-state index in [4.69, 9.17) is 9.47 Å². The van der Waals surface area contributed by atoms with Crippen LogP contribution in [0.15, 0.2) is 23.4 Å². The SMILES string of the molecule is COc1ccc(C(=O)C(C)Sc2nnc(C3CC3)n2C)cc1OC. The Morgan fingerprint density at radius 3 is 2.58 bits per heavy atom. The number of methoxy groups -OCH3 is 2. The van der Waals surface area contributed by atoms with E-state index in [-0.39, 0.29) is 11.0 Å². The summed E-state index contributed by atoms with van der Waals surface area (Å²) in [5.74, 6) is 2.74. The number of ketones is 1. The summed E-state index contributed by atoms with van der Waals surface area (Å²) in [6, 6.07) is 5.22. The molecule has 0 N–H and O–H groups in total. The second-order valence-electron chi connectivity index (χ2n) is 5.87.